The first-order chi connectivity index (χ1) is 51.2. The summed E-state index contributed by atoms with van der Waals surface area (Å²) < 4.78 is 0. The molecule has 0 heterocycles. The number of unbranched alkanes of at least 4 members (excludes halogenated alkanes) is 1. The van der Waals surface area contributed by atoms with Crippen LogP contribution in [0, 0.1) is 17.8 Å². The van der Waals surface area contributed by atoms with Crippen LogP contribution in [0.3, 0.4) is 0 Å². The molecule has 0 saturated heterocycles. The van der Waals surface area contributed by atoms with Crippen molar-refractivity contribution >= 4 is 107 Å². The van der Waals surface area contributed by atoms with Gasteiger partial charge in [-0.05, 0) is 128 Å². The van der Waals surface area contributed by atoms with Gasteiger partial charge in [-0.25, -0.2) is 4.79 Å². The number of carboxylic acid groups (broad SMARTS) is 1. The van der Waals surface area contributed by atoms with E-state index in [0.717, 1.165) is 6.92 Å². The fourth-order valence-electron chi connectivity index (χ4n) is 10.3. The van der Waals surface area contributed by atoms with E-state index in [9.17, 15) is 67.7 Å². The number of guanidine groups is 6. The van der Waals surface area contributed by atoms with E-state index in [1.54, 1.807) is 41.5 Å². The normalized spacial score (nSPS) is 14.5. The Morgan fingerprint density at radius 3 is 0.927 bits per heavy atom. The summed E-state index contributed by atoms with van der Waals surface area (Å²) in [5.41, 5.74) is 78.1. The molecule has 0 rings (SSSR count). The molecular weight excluding hydrogens is 1430 g/mol. The molecule has 0 unspecified atom stereocenters. The van der Waals surface area contributed by atoms with Crippen LogP contribution >= 0.6 is 0 Å². The molecule has 0 bridgehead atoms. The number of rotatable bonds is 56. The molecule has 0 aliphatic heterocycles. The number of aliphatic hydroxyl groups is 1. The summed E-state index contributed by atoms with van der Waals surface area (Å²) in [5.74, 6) is -14.6. The number of nitrogens with zero attached hydrogens (tertiary/aromatic N) is 6. The summed E-state index contributed by atoms with van der Waals surface area (Å²) in [6.07, 6.45) is -0.814. The first-order valence-electron chi connectivity index (χ1n) is 36.2. The summed E-state index contributed by atoms with van der Waals surface area (Å²) in [4.78, 5) is 191. The third kappa shape index (κ3) is 42.9. The lowest BCUT2D eigenvalue weighted by molar-refractivity contribution is -0.143. The molecule has 0 aliphatic carbocycles. The van der Waals surface area contributed by atoms with Gasteiger partial charge in [0.2, 0.25) is 65.0 Å². The standard InChI is InChI=1S/C64H125N31O14/c1-8-34(6)46(56(106)91-41(22-15-29-83-63(75)76)52(102)93-45(33(4)5)58(108)109)94-53(103)40(21-14-28-82-62(73)74)88-51(101)39(20-13-27-81-61(71)72)87-50(100)38(18-9-10-24-65)86-43(97)31-85-49(99)37(19-12-26-80-60(69)70)89-57(107)47(35(7)96)95-54(104)42(23-16-30-84-64(77)78)90-55(105)44(32(2)3)92-48(98)36(66)17-11-25-79-59(67)68/h32-42,44-47,96H,8-31,65-66H2,1-7H3,(H,85,99)(H,86,97)(H,87,100)(H,88,101)(H,89,107)(H,90,105)(H,91,106)(H,92,98)(H,93,102)(H,94,103)(H,95,104)(H,108,109)(H4,67,68,79)(H4,69,70,80)(H4,71,72,81)(H4,73,74,82)(H4,75,76,83)(H4,77,78,84)/t34-,35+,36-,37-,38-,39-,40-,41-,42-,44-,45-,46-,47-/m0/s1. The topological polar surface area (TPSA) is 816 Å². The maximum absolute atomic E-state index is 14.7. The zero-order chi connectivity index (χ0) is 83.0. The SMILES string of the molecule is CC[C@H](C)[C@H](NC(=O)[C@H](CCCN=C(N)N)NC(=O)[C@H](CCCN=C(N)N)NC(=O)[C@H](CCCCN)NC(=O)CNC(=O)[C@H](CCCN=C(N)N)NC(=O)[C@@H](NC(=O)[C@H](CCCN=C(N)N)NC(=O)[C@@H](NC(=O)[C@@H](N)CCCN=C(N)N)C(C)C)[C@@H](C)O)C(=O)N[C@@H](CCCN=C(N)N)C(=O)N[C@H](C(=O)O)C(C)C. The Morgan fingerprint density at radius 2 is 0.606 bits per heavy atom. The molecule has 0 spiro atoms. The Morgan fingerprint density at radius 1 is 0.330 bits per heavy atom. The van der Waals surface area contributed by atoms with Crippen molar-refractivity contribution in [3.63, 3.8) is 0 Å². The summed E-state index contributed by atoms with van der Waals surface area (Å²) in [5, 5.41) is 49.0. The predicted molar refractivity (Wildman–Crippen MR) is 411 cm³/mol. The summed E-state index contributed by atoms with van der Waals surface area (Å²) in [7, 11) is 0. The van der Waals surface area contributed by atoms with E-state index >= 15 is 0 Å². The smallest absolute Gasteiger partial charge is 0.326 e. The number of aliphatic carboxylic acids is 1. The molecule has 45 nitrogen and oxygen atoms in total. The van der Waals surface area contributed by atoms with Crippen molar-refractivity contribution in [2.24, 2.45) is 128 Å². The van der Waals surface area contributed by atoms with Crippen molar-refractivity contribution in [3.05, 3.63) is 0 Å². The third-order valence-electron chi connectivity index (χ3n) is 16.6. The van der Waals surface area contributed by atoms with Gasteiger partial charge in [0.25, 0.3) is 0 Å². The van der Waals surface area contributed by atoms with Gasteiger partial charge in [0.05, 0.1) is 18.7 Å². The Balaban J connectivity index is 7.26. The number of hydrogen-bond acceptors (Lipinski definition) is 21. The van der Waals surface area contributed by atoms with Crippen LogP contribution < -0.4 is 139 Å². The molecule has 11 amide bonds. The molecule has 0 aliphatic rings. The number of nitrogens with one attached hydrogen (secondary N) is 11. The Hall–Kier alpha value is -10.9. The minimum Gasteiger partial charge on any atom is -0.480 e. The lowest BCUT2D eigenvalue weighted by Crippen LogP contribution is -2.61. The molecule has 0 radical (unpaired) electrons. The number of aliphatic imine (C=N–C) groups is 6. The monoisotopic (exact) mass is 1550 g/mol. The highest BCUT2D eigenvalue weighted by atomic mass is 16.4. The zero-order valence-corrected chi connectivity index (χ0v) is 63.7. The van der Waals surface area contributed by atoms with Crippen LogP contribution in [0.1, 0.15) is 151 Å². The van der Waals surface area contributed by atoms with Crippen LogP contribution in [0.5, 0.6) is 0 Å². The highest BCUT2D eigenvalue weighted by Crippen LogP contribution is 2.15. The number of carbonyl (C=O) groups is 12. The van der Waals surface area contributed by atoms with Crippen molar-refractivity contribution in [3.8, 4) is 0 Å². The van der Waals surface area contributed by atoms with Crippen molar-refractivity contribution in [1.29, 1.82) is 0 Å². The van der Waals surface area contributed by atoms with Gasteiger partial charge in [-0.3, -0.25) is 82.7 Å². The third-order valence-corrected chi connectivity index (χ3v) is 16.6. The van der Waals surface area contributed by atoms with Gasteiger partial charge in [0.1, 0.15) is 60.4 Å². The second-order valence-electron chi connectivity index (χ2n) is 26.6. The molecule has 109 heavy (non-hydrogen) atoms. The van der Waals surface area contributed by atoms with Gasteiger partial charge in [0, 0.05) is 39.3 Å². The lowest BCUT2D eigenvalue weighted by Gasteiger charge is -2.30. The zero-order valence-electron chi connectivity index (χ0n) is 63.7. The Bertz CT molecular complexity index is 3090. The number of carboxylic acids is 1. The predicted octanol–water partition coefficient (Wildman–Crippen LogP) is -10.4. The summed E-state index contributed by atoms with van der Waals surface area (Å²) in [6, 6.07) is -15.6. The number of carbonyl (C=O) groups excluding carboxylic acids is 11. The molecule has 13 atom stereocenters. The number of aliphatic hydroxyl groups excluding tert-OH is 1. The molecule has 0 aromatic carbocycles. The van der Waals surface area contributed by atoms with Crippen molar-refractivity contribution in [2.75, 3.05) is 52.4 Å². The number of hydrogen-bond donors (Lipinski definition) is 27. The van der Waals surface area contributed by atoms with Crippen LogP contribution in [0.25, 0.3) is 0 Å². The van der Waals surface area contributed by atoms with E-state index < -0.39 is 168 Å². The van der Waals surface area contributed by atoms with Crippen molar-refractivity contribution in [2.45, 2.75) is 224 Å². The van der Waals surface area contributed by atoms with E-state index in [4.69, 9.17) is 80.3 Å². The highest BCUT2D eigenvalue weighted by molar-refractivity contribution is 5.99. The first kappa shape index (κ1) is 98.1. The highest BCUT2D eigenvalue weighted by Gasteiger charge is 2.38. The van der Waals surface area contributed by atoms with Crippen LogP contribution in [-0.4, -0.2) is 242 Å². The van der Waals surface area contributed by atoms with E-state index in [1.165, 1.54) is 0 Å². The maximum atomic E-state index is 14.7. The van der Waals surface area contributed by atoms with Crippen LogP contribution in [0.2, 0.25) is 0 Å². The van der Waals surface area contributed by atoms with Gasteiger partial charge >= 0.3 is 5.97 Å². The minimum atomic E-state index is -1.82. The quantitative estimate of drug-likeness (QED) is 0.0153. The fourth-order valence-corrected chi connectivity index (χ4v) is 10.3. The van der Waals surface area contributed by atoms with Gasteiger partial charge < -0.3 is 149 Å². The van der Waals surface area contributed by atoms with E-state index in [1.807, 2.05) is 0 Å². The molecule has 0 fully saturated rings. The lowest BCUT2D eigenvalue weighted by atomic mass is 9.96. The first-order valence-corrected chi connectivity index (χ1v) is 36.2. The molecule has 0 aromatic heterocycles. The minimum absolute atomic E-state index is 0.0113. The second-order valence-corrected chi connectivity index (χ2v) is 26.6. The molecular formula is C64H125N31O14. The van der Waals surface area contributed by atoms with Crippen molar-refractivity contribution in [1.82, 2.24) is 58.5 Å². The average Bonchev–Trinajstić information content (AvgIpc) is 0.851. The van der Waals surface area contributed by atoms with Gasteiger partial charge in [-0.15, -0.1) is 0 Å². The summed E-state index contributed by atoms with van der Waals surface area (Å²) >= 11 is 0. The molecule has 0 saturated carbocycles. The largest absolute Gasteiger partial charge is 0.480 e. The van der Waals surface area contributed by atoms with Gasteiger partial charge in [0.15, 0.2) is 35.8 Å². The average molecular weight is 1550 g/mol. The molecule has 0 aromatic rings. The maximum Gasteiger partial charge on any atom is 0.326 e. The molecule has 45 heteroatoms. The number of amides is 11. The summed E-state index contributed by atoms with van der Waals surface area (Å²) in [6.45, 7) is 10.3. The van der Waals surface area contributed by atoms with Crippen molar-refractivity contribution < 1.29 is 67.7 Å². The van der Waals surface area contributed by atoms with E-state index in [0.29, 0.717) is 12.8 Å². The molecule has 620 valence electrons. The van der Waals surface area contributed by atoms with E-state index in [2.05, 4.69) is 88.4 Å². The van der Waals surface area contributed by atoms with Crippen LogP contribution in [0.15, 0.2) is 30.0 Å². The van der Waals surface area contributed by atoms with Gasteiger partial charge in [-0.1, -0.05) is 48.0 Å². The Kier molecular flexibility index (Phi) is 48.5. The van der Waals surface area contributed by atoms with Crippen LogP contribution in [0.4, 0.5) is 0 Å². The van der Waals surface area contributed by atoms with E-state index in [-0.39, 0.29) is 171 Å². The second kappa shape index (κ2) is 53.8. The fraction of sp³-hybridized carbons (Fsp3) is 0.719. The van der Waals surface area contributed by atoms with Crippen LogP contribution in [-0.2, 0) is 57.5 Å². The molecule has 41 N–H and O–H groups in total. The Labute approximate surface area is 634 Å². The van der Waals surface area contributed by atoms with Gasteiger partial charge in [-0.2, -0.15) is 0 Å². The number of nitrogens with two attached hydrogens (primary N) is 14.